The van der Waals surface area contributed by atoms with Crippen molar-refractivity contribution in [2.24, 2.45) is 0 Å². The lowest BCUT2D eigenvalue weighted by molar-refractivity contribution is -0.167. The van der Waals surface area contributed by atoms with Crippen molar-refractivity contribution < 1.29 is 28.6 Å². The summed E-state index contributed by atoms with van der Waals surface area (Å²) < 4.78 is 17.0. The van der Waals surface area contributed by atoms with E-state index in [2.05, 4.69) is 81.5 Å². The summed E-state index contributed by atoms with van der Waals surface area (Å²) >= 11 is 0. The fourth-order valence-corrected chi connectivity index (χ4v) is 9.79. The molecule has 0 aliphatic heterocycles. The first-order valence-electron chi connectivity index (χ1n) is 33.3. The van der Waals surface area contributed by atoms with Crippen LogP contribution in [0, 0.1) is 0 Å². The Balaban J connectivity index is 4.35. The highest BCUT2D eigenvalue weighted by Crippen LogP contribution is 2.17. The van der Waals surface area contributed by atoms with Crippen molar-refractivity contribution in [1.29, 1.82) is 0 Å². The molecule has 1 unspecified atom stereocenters. The standard InChI is InChI=1S/C70H126O6/c1-4-7-10-13-16-19-22-25-28-31-33-35-37-39-42-45-48-51-54-57-60-63-69(72)75-66-67(65-74-68(71)62-59-56-53-50-47-44-41-38-30-27-24-21-18-15-12-9-6-3)76-70(73)64-61-58-55-52-49-46-43-40-36-34-32-29-26-23-20-17-14-11-8-5-2/h9,12,18,21-22,25,27,30-31,33,67H,4-8,10-11,13-17,19-20,23-24,26,28-29,32,34-66H2,1-3H3/b12-9-,21-18-,25-22-,30-27-,33-31-. The minimum atomic E-state index is -0.780. The number of carbonyl (C=O) groups excluding carboxylic acids is 3. The first kappa shape index (κ1) is 73.1. The first-order valence-corrected chi connectivity index (χ1v) is 33.3. The van der Waals surface area contributed by atoms with E-state index in [9.17, 15) is 14.4 Å². The van der Waals surface area contributed by atoms with E-state index in [1.165, 1.54) is 218 Å². The molecule has 0 saturated carbocycles. The maximum absolute atomic E-state index is 12.9. The van der Waals surface area contributed by atoms with Gasteiger partial charge in [0.1, 0.15) is 13.2 Å². The third-order valence-corrected chi connectivity index (χ3v) is 14.8. The highest BCUT2D eigenvalue weighted by Gasteiger charge is 2.19. The van der Waals surface area contributed by atoms with Gasteiger partial charge in [0.15, 0.2) is 6.10 Å². The van der Waals surface area contributed by atoms with Gasteiger partial charge in [0.05, 0.1) is 0 Å². The first-order chi connectivity index (χ1) is 37.5. The maximum Gasteiger partial charge on any atom is 0.306 e. The molecule has 442 valence electrons. The van der Waals surface area contributed by atoms with E-state index < -0.39 is 6.10 Å². The normalized spacial score (nSPS) is 12.4. The van der Waals surface area contributed by atoms with Crippen LogP contribution < -0.4 is 0 Å². The monoisotopic (exact) mass is 1060 g/mol. The molecule has 0 bridgehead atoms. The van der Waals surface area contributed by atoms with Crippen molar-refractivity contribution >= 4 is 17.9 Å². The number of allylic oxidation sites excluding steroid dienone is 10. The summed E-state index contributed by atoms with van der Waals surface area (Å²) in [5, 5.41) is 0. The fraction of sp³-hybridized carbons (Fsp3) is 0.814. The van der Waals surface area contributed by atoms with Gasteiger partial charge in [0, 0.05) is 19.3 Å². The van der Waals surface area contributed by atoms with Gasteiger partial charge < -0.3 is 14.2 Å². The molecule has 0 heterocycles. The Morgan fingerprint density at radius 2 is 0.513 bits per heavy atom. The Morgan fingerprint density at radius 3 is 0.803 bits per heavy atom. The summed E-state index contributed by atoms with van der Waals surface area (Å²) in [4.78, 5) is 38.4. The molecule has 0 N–H and O–H groups in total. The summed E-state index contributed by atoms with van der Waals surface area (Å²) in [6, 6.07) is 0. The predicted molar refractivity (Wildman–Crippen MR) is 330 cm³/mol. The molecule has 0 aliphatic carbocycles. The van der Waals surface area contributed by atoms with Crippen LogP contribution in [0.3, 0.4) is 0 Å². The maximum atomic E-state index is 12.9. The van der Waals surface area contributed by atoms with Crippen LogP contribution in [-0.2, 0) is 28.6 Å². The minimum absolute atomic E-state index is 0.0764. The Morgan fingerprint density at radius 1 is 0.276 bits per heavy atom. The molecule has 6 heteroatoms. The smallest absolute Gasteiger partial charge is 0.306 e. The predicted octanol–water partition coefficient (Wildman–Crippen LogP) is 22.7. The van der Waals surface area contributed by atoms with E-state index in [0.717, 1.165) is 89.9 Å². The zero-order chi connectivity index (χ0) is 55.0. The van der Waals surface area contributed by atoms with Crippen molar-refractivity contribution in [1.82, 2.24) is 0 Å². The van der Waals surface area contributed by atoms with Crippen molar-refractivity contribution in [2.75, 3.05) is 13.2 Å². The SMILES string of the molecule is CC/C=C\C/C=C\C/C=C\CCCCCCCCCC(=O)OCC(COC(=O)CCCCCCCCCCC/C=C\C/C=C\CCCCCCC)OC(=O)CCCCCCCCCCCCCCCCCCCCCC. The van der Waals surface area contributed by atoms with Gasteiger partial charge in [-0.1, -0.05) is 306 Å². The van der Waals surface area contributed by atoms with Gasteiger partial charge in [-0.15, -0.1) is 0 Å². The zero-order valence-corrected chi connectivity index (χ0v) is 50.8. The van der Waals surface area contributed by atoms with Gasteiger partial charge in [0.25, 0.3) is 0 Å². The lowest BCUT2D eigenvalue weighted by atomic mass is 10.0. The fourth-order valence-electron chi connectivity index (χ4n) is 9.79. The third kappa shape index (κ3) is 62.0. The average molecular weight is 1060 g/mol. The number of hydrogen-bond acceptors (Lipinski definition) is 6. The molecular weight excluding hydrogens is 937 g/mol. The van der Waals surface area contributed by atoms with Crippen molar-refractivity contribution in [3.63, 3.8) is 0 Å². The Kier molecular flexibility index (Phi) is 62.2. The highest BCUT2D eigenvalue weighted by atomic mass is 16.6. The van der Waals surface area contributed by atoms with Crippen LogP contribution >= 0.6 is 0 Å². The van der Waals surface area contributed by atoms with E-state index in [4.69, 9.17) is 14.2 Å². The zero-order valence-electron chi connectivity index (χ0n) is 50.8. The van der Waals surface area contributed by atoms with E-state index in [1.54, 1.807) is 0 Å². The summed E-state index contributed by atoms with van der Waals surface area (Å²) in [5.41, 5.74) is 0. The van der Waals surface area contributed by atoms with E-state index in [-0.39, 0.29) is 31.1 Å². The van der Waals surface area contributed by atoms with Crippen LogP contribution in [0.25, 0.3) is 0 Å². The van der Waals surface area contributed by atoms with Crippen molar-refractivity contribution in [3.8, 4) is 0 Å². The van der Waals surface area contributed by atoms with Crippen molar-refractivity contribution in [2.45, 2.75) is 354 Å². The molecule has 0 radical (unpaired) electrons. The molecule has 0 spiro atoms. The topological polar surface area (TPSA) is 78.9 Å². The molecule has 76 heavy (non-hydrogen) atoms. The molecule has 6 nitrogen and oxygen atoms in total. The Hall–Kier alpha value is -2.89. The van der Waals surface area contributed by atoms with Gasteiger partial charge in [0.2, 0.25) is 0 Å². The van der Waals surface area contributed by atoms with E-state index in [1.807, 2.05) is 0 Å². The third-order valence-electron chi connectivity index (χ3n) is 14.8. The van der Waals surface area contributed by atoms with E-state index >= 15 is 0 Å². The molecule has 0 rings (SSSR count). The van der Waals surface area contributed by atoms with Gasteiger partial charge >= 0.3 is 17.9 Å². The molecular formula is C70H126O6. The summed E-state index contributed by atoms with van der Waals surface area (Å²) in [6.07, 6.45) is 82.3. The summed E-state index contributed by atoms with van der Waals surface area (Å²) in [6.45, 7) is 6.57. The quantitative estimate of drug-likeness (QED) is 0.0261. The lowest BCUT2D eigenvalue weighted by Gasteiger charge is -2.18. The molecule has 0 aromatic carbocycles. The van der Waals surface area contributed by atoms with Crippen LogP contribution in [0.1, 0.15) is 348 Å². The number of ether oxygens (including phenoxy) is 3. The number of rotatable bonds is 61. The minimum Gasteiger partial charge on any atom is -0.462 e. The number of esters is 3. The lowest BCUT2D eigenvalue weighted by Crippen LogP contribution is -2.30. The number of hydrogen-bond donors (Lipinski definition) is 0. The number of unbranched alkanes of at least 4 members (excludes halogenated alkanes) is 40. The second kappa shape index (κ2) is 64.6. The van der Waals surface area contributed by atoms with Gasteiger partial charge in [-0.05, 0) is 83.5 Å². The summed E-state index contributed by atoms with van der Waals surface area (Å²) in [7, 11) is 0. The van der Waals surface area contributed by atoms with Crippen molar-refractivity contribution in [3.05, 3.63) is 60.8 Å². The molecule has 0 amide bonds. The second-order valence-corrected chi connectivity index (χ2v) is 22.4. The molecule has 1 atom stereocenters. The molecule has 0 aromatic rings. The summed E-state index contributed by atoms with van der Waals surface area (Å²) in [5.74, 6) is -0.868. The number of carbonyl (C=O) groups is 3. The van der Waals surface area contributed by atoms with Crippen LogP contribution in [0.5, 0.6) is 0 Å². The Bertz CT molecular complexity index is 1360. The highest BCUT2D eigenvalue weighted by molar-refractivity contribution is 5.71. The second-order valence-electron chi connectivity index (χ2n) is 22.4. The molecule has 0 aromatic heterocycles. The van der Waals surface area contributed by atoms with E-state index in [0.29, 0.717) is 19.3 Å². The molecule has 0 saturated heterocycles. The Labute approximate surface area is 472 Å². The average Bonchev–Trinajstić information content (AvgIpc) is 3.42. The van der Waals surface area contributed by atoms with Gasteiger partial charge in [-0.2, -0.15) is 0 Å². The molecule has 0 fully saturated rings. The van der Waals surface area contributed by atoms with Crippen LogP contribution in [0.4, 0.5) is 0 Å². The van der Waals surface area contributed by atoms with Crippen LogP contribution in [-0.4, -0.2) is 37.2 Å². The largest absolute Gasteiger partial charge is 0.462 e. The van der Waals surface area contributed by atoms with Crippen LogP contribution in [0.15, 0.2) is 60.8 Å². The van der Waals surface area contributed by atoms with Gasteiger partial charge in [-0.25, -0.2) is 0 Å². The van der Waals surface area contributed by atoms with Crippen LogP contribution in [0.2, 0.25) is 0 Å². The molecule has 0 aliphatic rings. The van der Waals surface area contributed by atoms with Gasteiger partial charge in [-0.3, -0.25) is 14.4 Å².